The maximum absolute atomic E-state index is 7.67. The molecular formula is C10H10N4S. The van der Waals surface area contributed by atoms with Gasteiger partial charge in [0, 0.05) is 18.6 Å². The van der Waals surface area contributed by atoms with E-state index in [4.69, 9.17) is 17.6 Å². The number of aromatic nitrogens is 3. The molecule has 2 aromatic heterocycles. The van der Waals surface area contributed by atoms with Crippen LogP contribution in [0.1, 0.15) is 0 Å². The molecule has 2 heterocycles. The zero-order valence-corrected chi connectivity index (χ0v) is 8.81. The van der Waals surface area contributed by atoms with Gasteiger partial charge in [-0.05, 0) is 12.1 Å². The van der Waals surface area contributed by atoms with E-state index in [2.05, 4.69) is 4.98 Å². The van der Waals surface area contributed by atoms with Gasteiger partial charge >= 0.3 is 0 Å². The molecule has 0 fully saturated rings. The highest BCUT2D eigenvalue weighted by Gasteiger charge is 1.99. The summed E-state index contributed by atoms with van der Waals surface area (Å²) in [6.07, 6.45) is 6.99. The summed E-state index contributed by atoms with van der Waals surface area (Å²) in [6.45, 7) is 0.519. The Balaban J connectivity index is 2.20. The van der Waals surface area contributed by atoms with Gasteiger partial charge in [-0.3, -0.25) is 9.98 Å². The van der Waals surface area contributed by atoms with E-state index >= 15 is 0 Å². The second-order valence-corrected chi connectivity index (χ2v) is 3.55. The van der Waals surface area contributed by atoms with Crippen LogP contribution in [0.25, 0.3) is 0 Å². The van der Waals surface area contributed by atoms with Crippen LogP contribution in [0.5, 0.6) is 0 Å². The zero-order valence-electron chi connectivity index (χ0n) is 8.00. The molecule has 5 heteroatoms. The first kappa shape index (κ1) is 9.79. The number of hydrogen-bond acceptors (Lipinski definition) is 3. The maximum atomic E-state index is 7.67. The normalized spacial score (nSPS) is 10.1. The molecule has 0 aliphatic heterocycles. The minimum Gasteiger partial charge on any atom is -0.327 e. The Kier molecular flexibility index (Phi) is 2.73. The Morgan fingerprint density at radius 1 is 1.40 bits per heavy atom. The summed E-state index contributed by atoms with van der Waals surface area (Å²) < 4.78 is 3.55. The van der Waals surface area contributed by atoms with E-state index in [0.717, 1.165) is 4.99 Å². The third-order valence-corrected chi connectivity index (χ3v) is 2.38. The van der Waals surface area contributed by atoms with Crippen LogP contribution in [0.2, 0.25) is 0 Å². The molecule has 0 atom stereocenters. The lowest BCUT2D eigenvalue weighted by molar-refractivity contribution is 0.763. The van der Waals surface area contributed by atoms with Crippen LogP contribution >= 0.6 is 12.2 Å². The van der Waals surface area contributed by atoms with E-state index < -0.39 is 0 Å². The zero-order chi connectivity index (χ0) is 10.7. The SMILES string of the molecule is N=c1ccccn1CC(=S)n1ccnc1. The quantitative estimate of drug-likeness (QED) is 0.766. The fourth-order valence-electron chi connectivity index (χ4n) is 1.25. The van der Waals surface area contributed by atoms with E-state index in [1.807, 2.05) is 18.3 Å². The van der Waals surface area contributed by atoms with Crippen molar-refractivity contribution in [3.8, 4) is 0 Å². The summed E-state index contributed by atoms with van der Waals surface area (Å²) in [5.74, 6) is 0. The monoisotopic (exact) mass is 218 g/mol. The van der Waals surface area contributed by atoms with Crippen LogP contribution in [0.15, 0.2) is 43.1 Å². The molecule has 0 radical (unpaired) electrons. The molecule has 2 rings (SSSR count). The molecule has 0 aliphatic carbocycles. The molecule has 4 nitrogen and oxygen atoms in total. The van der Waals surface area contributed by atoms with Crippen molar-refractivity contribution in [1.29, 1.82) is 5.41 Å². The van der Waals surface area contributed by atoms with Crippen molar-refractivity contribution in [2.75, 3.05) is 0 Å². The molecule has 0 aliphatic rings. The Labute approximate surface area is 92.3 Å². The highest BCUT2D eigenvalue weighted by molar-refractivity contribution is 7.80. The molecule has 1 N–H and O–H groups in total. The number of imidazole rings is 1. The van der Waals surface area contributed by atoms with Crippen LogP contribution in [-0.4, -0.2) is 19.1 Å². The van der Waals surface area contributed by atoms with E-state index in [1.54, 1.807) is 33.9 Å². The maximum Gasteiger partial charge on any atom is 0.125 e. The summed E-state index contributed by atoms with van der Waals surface area (Å²) in [5.41, 5.74) is 0.444. The van der Waals surface area contributed by atoms with Gasteiger partial charge in [-0.25, -0.2) is 4.98 Å². The average Bonchev–Trinajstić information content (AvgIpc) is 2.74. The average molecular weight is 218 g/mol. The van der Waals surface area contributed by atoms with Gasteiger partial charge in [0.25, 0.3) is 0 Å². The molecule has 0 unspecified atom stereocenters. The third kappa shape index (κ3) is 2.19. The molecule has 76 valence electrons. The molecule has 0 bridgehead atoms. The van der Waals surface area contributed by atoms with Gasteiger partial charge in [0.1, 0.15) is 10.5 Å². The van der Waals surface area contributed by atoms with Gasteiger partial charge in [0.2, 0.25) is 0 Å². The lowest BCUT2D eigenvalue weighted by atomic mass is 10.4. The van der Waals surface area contributed by atoms with Crippen molar-refractivity contribution in [2.24, 2.45) is 0 Å². The van der Waals surface area contributed by atoms with Crippen LogP contribution in [-0.2, 0) is 6.54 Å². The largest absolute Gasteiger partial charge is 0.327 e. The summed E-state index contributed by atoms with van der Waals surface area (Å²) in [7, 11) is 0. The summed E-state index contributed by atoms with van der Waals surface area (Å²) in [4.78, 5) is 4.65. The number of thiocarbonyl (C=S) groups is 1. The molecular weight excluding hydrogens is 208 g/mol. The summed E-state index contributed by atoms with van der Waals surface area (Å²) >= 11 is 5.23. The van der Waals surface area contributed by atoms with Gasteiger partial charge in [0.05, 0.1) is 12.9 Å². The number of pyridine rings is 1. The number of nitrogens with one attached hydrogen (secondary N) is 1. The van der Waals surface area contributed by atoms with E-state index in [1.165, 1.54) is 0 Å². The van der Waals surface area contributed by atoms with Crippen molar-refractivity contribution in [3.63, 3.8) is 0 Å². The highest BCUT2D eigenvalue weighted by atomic mass is 32.1. The fourth-order valence-corrected chi connectivity index (χ4v) is 1.50. The van der Waals surface area contributed by atoms with Crippen molar-refractivity contribution in [1.82, 2.24) is 14.1 Å². The van der Waals surface area contributed by atoms with Crippen LogP contribution in [0.3, 0.4) is 0 Å². The Morgan fingerprint density at radius 2 is 2.27 bits per heavy atom. The van der Waals surface area contributed by atoms with E-state index in [0.29, 0.717) is 12.0 Å². The topological polar surface area (TPSA) is 46.6 Å². The standard InChI is InChI=1S/C10H10N4S/c11-9-3-1-2-5-13(9)7-10(15)14-6-4-12-8-14/h1-6,8,11H,7H2. The highest BCUT2D eigenvalue weighted by Crippen LogP contribution is 1.92. The molecule has 2 aromatic rings. The first-order valence-electron chi connectivity index (χ1n) is 4.48. The van der Waals surface area contributed by atoms with Gasteiger partial charge in [0.15, 0.2) is 0 Å². The van der Waals surface area contributed by atoms with E-state index in [-0.39, 0.29) is 0 Å². The van der Waals surface area contributed by atoms with Crippen molar-refractivity contribution >= 4 is 17.2 Å². The minimum atomic E-state index is 0.444. The van der Waals surface area contributed by atoms with Crippen LogP contribution in [0, 0.1) is 5.41 Å². The number of nitrogens with zero attached hydrogens (tertiary/aromatic N) is 3. The Bertz CT molecular complexity index is 512. The number of rotatable bonds is 2. The Hall–Kier alpha value is -1.75. The van der Waals surface area contributed by atoms with Crippen LogP contribution < -0.4 is 5.49 Å². The predicted molar refractivity (Wildman–Crippen MR) is 60.5 cm³/mol. The lowest BCUT2D eigenvalue weighted by Crippen LogP contribution is -2.24. The van der Waals surface area contributed by atoms with Gasteiger partial charge in [-0.2, -0.15) is 0 Å². The van der Waals surface area contributed by atoms with E-state index in [9.17, 15) is 0 Å². The lowest BCUT2D eigenvalue weighted by Gasteiger charge is -2.07. The second kappa shape index (κ2) is 4.18. The molecule has 0 saturated heterocycles. The molecule has 0 amide bonds. The van der Waals surface area contributed by atoms with Crippen molar-refractivity contribution in [3.05, 3.63) is 48.6 Å². The fraction of sp³-hybridized carbons (Fsp3) is 0.100. The van der Waals surface area contributed by atoms with Gasteiger partial charge in [-0.15, -0.1) is 0 Å². The van der Waals surface area contributed by atoms with Gasteiger partial charge < -0.3 is 4.57 Å². The van der Waals surface area contributed by atoms with Gasteiger partial charge in [-0.1, -0.05) is 18.3 Å². The van der Waals surface area contributed by atoms with Crippen LogP contribution in [0.4, 0.5) is 0 Å². The van der Waals surface area contributed by atoms with Crippen molar-refractivity contribution < 1.29 is 0 Å². The second-order valence-electron chi connectivity index (χ2n) is 3.08. The molecule has 0 spiro atoms. The summed E-state index contributed by atoms with van der Waals surface area (Å²) in [6, 6.07) is 5.45. The summed E-state index contributed by atoms with van der Waals surface area (Å²) in [5, 5.41) is 7.67. The molecule has 15 heavy (non-hydrogen) atoms. The first-order chi connectivity index (χ1) is 7.27. The number of hydrogen-bond donors (Lipinski definition) is 1. The van der Waals surface area contributed by atoms with Crippen molar-refractivity contribution in [2.45, 2.75) is 6.54 Å². The first-order valence-corrected chi connectivity index (χ1v) is 4.89. The minimum absolute atomic E-state index is 0.444. The third-order valence-electron chi connectivity index (χ3n) is 2.04. The predicted octanol–water partition coefficient (Wildman–Crippen LogP) is 1.04. The molecule has 0 aromatic carbocycles. The smallest absolute Gasteiger partial charge is 0.125 e. The molecule has 0 saturated carbocycles. The Morgan fingerprint density at radius 3 is 2.93 bits per heavy atom.